The van der Waals surface area contributed by atoms with Crippen LogP contribution >= 0.6 is 0 Å². The van der Waals surface area contributed by atoms with E-state index in [4.69, 9.17) is 9.47 Å². The lowest BCUT2D eigenvalue weighted by atomic mass is 10.2. The molecule has 0 heterocycles. The van der Waals surface area contributed by atoms with Gasteiger partial charge in [-0.05, 0) is 55.3 Å². The number of hydrogen-bond acceptors (Lipinski definition) is 4. The fraction of sp³-hybridized carbons (Fsp3) is 0.300. The maximum Gasteiger partial charge on any atom is 0.279 e. The molecule has 7 heteroatoms. The normalized spacial score (nSPS) is 11.6. The Morgan fingerprint density at radius 1 is 1.00 bits per heavy atom. The minimum absolute atomic E-state index is 0.348. The van der Waals surface area contributed by atoms with E-state index in [0.717, 1.165) is 0 Å². The van der Waals surface area contributed by atoms with Crippen LogP contribution in [0.3, 0.4) is 0 Å². The summed E-state index contributed by atoms with van der Waals surface area (Å²) in [6, 6.07) is 12.0. The molecule has 0 aliphatic heterocycles. The molecule has 0 radical (unpaired) electrons. The second-order valence-electron chi connectivity index (χ2n) is 6.39. The van der Waals surface area contributed by atoms with Crippen molar-refractivity contribution in [2.45, 2.75) is 26.9 Å². The van der Waals surface area contributed by atoms with Gasteiger partial charge in [0.2, 0.25) is 0 Å². The van der Waals surface area contributed by atoms with Gasteiger partial charge in [0.15, 0.2) is 6.10 Å². The number of benzene rings is 2. The topological polar surface area (TPSA) is 76.7 Å². The molecule has 0 aliphatic carbocycles. The van der Waals surface area contributed by atoms with Gasteiger partial charge in [-0.25, -0.2) is 4.39 Å². The molecular weight excluding hydrogens is 351 g/mol. The van der Waals surface area contributed by atoms with Crippen molar-refractivity contribution in [3.05, 3.63) is 59.9 Å². The van der Waals surface area contributed by atoms with Crippen LogP contribution in [-0.4, -0.2) is 24.5 Å². The van der Waals surface area contributed by atoms with Crippen molar-refractivity contribution in [3.8, 4) is 11.5 Å². The van der Waals surface area contributed by atoms with Gasteiger partial charge in [-0.2, -0.15) is 0 Å². The Hall–Kier alpha value is -3.09. The third-order valence-corrected chi connectivity index (χ3v) is 3.47. The zero-order valence-corrected chi connectivity index (χ0v) is 15.5. The zero-order valence-electron chi connectivity index (χ0n) is 15.5. The summed E-state index contributed by atoms with van der Waals surface area (Å²) >= 11 is 0. The van der Waals surface area contributed by atoms with Gasteiger partial charge < -0.3 is 9.47 Å². The van der Waals surface area contributed by atoms with Crippen molar-refractivity contribution in [1.82, 2.24) is 10.9 Å². The molecular formula is C20H23FN2O4. The van der Waals surface area contributed by atoms with Gasteiger partial charge in [0.25, 0.3) is 11.8 Å². The number of rotatable bonds is 7. The van der Waals surface area contributed by atoms with E-state index in [0.29, 0.717) is 29.6 Å². The smallest absolute Gasteiger partial charge is 0.279 e. The first-order valence-corrected chi connectivity index (χ1v) is 8.60. The molecule has 0 saturated carbocycles. The summed E-state index contributed by atoms with van der Waals surface area (Å²) in [4.78, 5) is 24.2. The molecule has 2 aromatic carbocycles. The van der Waals surface area contributed by atoms with E-state index in [-0.39, 0.29) is 0 Å². The molecule has 6 nitrogen and oxygen atoms in total. The number of nitrogens with one attached hydrogen (secondary N) is 2. The number of halogens is 1. The second kappa shape index (κ2) is 9.56. The summed E-state index contributed by atoms with van der Waals surface area (Å²) in [6.45, 7) is 6.12. The Morgan fingerprint density at radius 3 is 2.37 bits per heavy atom. The average molecular weight is 374 g/mol. The number of hydrazine groups is 1. The van der Waals surface area contributed by atoms with E-state index < -0.39 is 23.7 Å². The summed E-state index contributed by atoms with van der Waals surface area (Å²) in [5, 5.41) is 0. The van der Waals surface area contributed by atoms with Gasteiger partial charge in [-0.15, -0.1) is 0 Å². The highest BCUT2D eigenvalue weighted by molar-refractivity contribution is 5.96. The Balaban J connectivity index is 1.86. The molecule has 144 valence electrons. The van der Waals surface area contributed by atoms with Crippen LogP contribution in [0, 0.1) is 11.7 Å². The largest absolute Gasteiger partial charge is 0.493 e. The molecule has 1 atom stereocenters. The SMILES string of the molecule is CC(C)COc1cccc(C(=O)NNC(=O)[C@@H](C)Oc2ccc(F)cc2)c1. The van der Waals surface area contributed by atoms with Gasteiger partial charge in [-0.3, -0.25) is 20.4 Å². The van der Waals surface area contributed by atoms with Crippen LogP contribution in [0.25, 0.3) is 0 Å². The molecule has 0 aromatic heterocycles. The summed E-state index contributed by atoms with van der Waals surface area (Å²) in [5.74, 6) is -0.126. The highest BCUT2D eigenvalue weighted by Gasteiger charge is 2.16. The van der Waals surface area contributed by atoms with Crippen LogP contribution in [0.4, 0.5) is 4.39 Å². The highest BCUT2D eigenvalue weighted by Crippen LogP contribution is 2.15. The van der Waals surface area contributed by atoms with Gasteiger partial charge in [0, 0.05) is 5.56 Å². The zero-order chi connectivity index (χ0) is 19.8. The van der Waals surface area contributed by atoms with Crippen molar-refractivity contribution in [3.63, 3.8) is 0 Å². The molecule has 0 spiro atoms. The van der Waals surface area contributed by atoms with Crippen molar-refractivity contribution in [1.29, 1.82) is 0 Å². The maximum atomic E-state index is 12.9. The fourth-order valence-electron chi connectivity index (χ4n) is 2.05. The first-order chi connectivity index (χ1) is 12.8. The van der Waals surface area contributed by atoms with Crippen molar-refractivity contribution in [2.24, 2.45) is 5.92 Å². The summed E-state index contributed by atoms with van der Waals surface area (Å²) in [7, 11) is 0. The lowest BCUT2D eigenvalue weighted by molar-refractivity contribution is -0.128. The van der Waals surface area contributed by atoms with Crippen LogP contribution in [0.15, 0.2) is 48.5 Å². The molecule has 0 unspecified atom stereocenters. The first-order valence-electron chi connectivity index (χ1n) is 8.60. The molecule has 0 bridgehead atoms. The number of carbonyl (C=O) groups excluding carboxylic acids is 2. The Labute approximate surface area is 157 Å². The average Bonchev–Trinajstić information content (AvgIpc) is 2.66. The van der Waals surface area contributed by atoms with Crippen molar-refractivity contribution in [2.75, 3.05) is 6.61 Å². The van der Waals surface area contributed by atoms with Gasteiger partial charge in [-0.1, -0.05) is 19.9 Å². The lowest BCUT2D eigenvalue weighted by Crippen LogP contribution is -2.47. The minimum Gasteiger partial charge on any atom is -0.493 e. The van der Waals surface area contributed by atoms with E-state index in [2.05, 4.69) is 10.9 Å². The van der Waals surface area contributed by atoms with E-state index in [1.165, 1.54) is 31.2 Å². The van der Waals surface area contributed by atoms with Crippen molar-refractivity contribution < 1.29 is 23.5 Å². The molecule has 2 rings (SSSR count). The molecule has 27 heavy (non-hydrogen) atoms. The predicted molar refractivity (Wildman–Crippen MR) is 98.9 cm³/mol. The number of hydrogen-bond donors (Lipinski definition) is 2. The van der Waals surface area contributed by atoms with Crippen LogP contribution in [0.5, 0.6) is 11.5 Å². The number of carbonyl (C=O) groups is 2. The maximum absolute atomic E-state index is 12.9. The Kier molecular flexibility index (Phi) is 7.16. The minimum atomic E-state index is -0.878. The molecule has 0 fully saturated rings. The second-order valence-corrected chi connectivity index (χ2v) is 6.39. The van der Waals surface area contributed by atoms with E-state index in [1.54, 1.807) is 24.3 Å². The fourth-order valence-corrected chi connectivity index (χ4v) is 2.05. The summed E-state index contributed by atoms with van der Waals surface area (Å²) < 4.78 is 23.9. The quantitative estimate of drug-likeness (QED) is 0.730. The lowest BCUT2D eigenvalue weighted by Gasteiger charge is -2.15. The molecule has 0 saturated heterocycles. The van der Waals surface area contributed by atoms with Crippen molar-refractivity contribution >= 4 is 11.8 Å². The molecule has 0 aliphatic rings. The summed E-state index contributed by atoms with van der Waals surface area (Å²) in [5.41, 5.74) is 4.99. The van der Waals surface area contributed by atoms with E-state index in [9.17, 15) is 14.0 Å². The van der Waals surface area contributed by atoms with Crippen LogP contribution in [0.1, 0.15) is 31.1 Å². The Morgan fingerprint density at radius 2 is 1.70 bits per heavy atom. The number of amides is 2. The standard InChI is InChI=1S/C20H23FN2O4/c1-13(2)12-26-18-6-4-5-15(11-18)20(25)23-22-19(24)14(3)27-17-9-7-16(21)8-10-17/h4-11,13-14H,12H2,1-3H3,(H,22,24)(H,23,25)/t14-/m1/s1. The van der Waals surface area contributed by atoms with Gasteiger partial charge >= 0.3 is 0 Å². The summed E-state index contributed by atoms with van der Waals surface area (Å²) in [6.07, 6.45) is -0.878. The van der Waals surface area contributed by atoms with Crippen LogP contribution < -0.4 is 20.3 Å². The number of ether oxygens (including phenoxy) is 2. The monoisotopic (exact) mass is 374 g/mol. The third-order valence-electron chi connectivity index (χ3n) is 3.47. The van der Waals surface area contributed by atoms with Crippen LogP contribution in [0.2, 0.25) is 0 Å². The highest BCUT2D eigenvalue weighted by atomic mass is 19.1. The van der Waals surface area contributed by atoms with Gasteiger partial charge in [0.1, 0.15) is 17.3 Å². The molecule has 2 amide bonds. The molecule has 2 N–H and O–H groups in total. The molecule has 2 aromatic rings. The Bertz CT molecular complexity index is 778. The van der Waals surface area contributed by atoms with E-state index in [1.807, 2.05) is 13.8 Å². The third kappa shape index (κ3) is 6.62. The first kappa shape index (κ1) is 20.2. The van der Waals surface area contributed by atoms with E-state index >= 15 is 0 Å². The van der Waals surface area contributed by atoms with Gasteiger partial charge in [0.05, 0.1) is 6.61 Å². The predicted octanol–water partition coefficient (Wildman–Crippen LogP) is 3.09. The van der Waals surface area contributed by atoms with Crippen LogP contribution in [-0.2, 0) is 4.79 Å².